The summed E-state index contributed by atoms with van der Waals surface area (Å²) >= 11 is 1.70. The molecule has 1 unspecified atom stereocenters. The molecule has 3 rings (SSSR count). The lowest BCUT2D eigenvalue weighted by Crippen LogP contribution is -2.19. The predicted molar refractivity (Wildman–Crippen MR) is 82.0 cm³/mol. The fourth-order valence-electron chi connectivity index (χ4n) is 2.49. The highest BCUT2D eigenvalue weighted by Crippen LogP contribution is 2.25. The van der Waals surface area contributed by atoms with Gasteiger partial charge in [0, 0.05) is 29.4 Å². The summed E-state index contributed by atoms with van der Waals surface area (Å²) in [5, 5.41) is 3.23. The zero-order valence-corrected chi connectivity index (χ0v) is 12.7. The highest BCUT2D eigenvalue weighted by molar-refractivity contribution is 7.13. The summed E-state index contributed by atoms with van der Waals surface area (Å²) in [6.45, 7) is 2.93. The van der Waals surface area contributed by atoms with Crippen LogP contribution in [0.2, 0.25) is 0 Å². The summed E-state index contributed by atoms with van der Waals surface area (Å²) in [7, 11) is 0. The van der Waals surface area contributed by atoms with E-state index < -0.39 is 0 Å². The van der Waals surface area contributed by atoms with Gasteiger partial charge in [-0.25, -0.2) is 4.98 Å². The Morgan fingerprint density at radius 3 is 3.05 bits per heavy atom. The molecule has 0 spiro atoms. The fourth-order valence-corrected chi connectivity index (χ4v) is 3.34. The molecule has 1 fully saturated rings. The van der Waals surface area contributed by atoms with E-state index in [1.165, 1.54) is 25.0 Å². The van der Waals surface area contributed by atoms with Crippen molar-refractivity contribution in [3.05, 3.63) is 35.1 Å². The maximum atomic E-state index is 5.77. The number of pyridine rings is 1. The third kappa shape index (κ3) is 3.44. The molecular weight excluding hydrogens is 268 g/mol. The van der Waals surface area contributed by atoms with Crippen LogP contribution in [0.4, 0.5) is 0 Å². The molecule has 20 heavy (non-hydrogen) atoms. The predicted octanol–water partition coefficient (Wildman–Crippen LogP) is 4.02. The van der Waals surface area contributed by atoms with Crippen LogP contribution in [0.15, 0.2) is 23.7 Å². The summed E-state index contributed by atoms with van der Waals surface area (Å²) in [6, 6.07) is 4.13. The summed E-state index contributed by atoms with van der Waals surface area (Å²) < 4.78 is 5.77. The van der Waals surface area contributed by atoms with Gasteiger partial charge in [0.25, 0.3) is 0 Å². The van der Waals surface area contributed by atoms with E-state index in [2.05, 4.69) is 16.4 Å². The number of rotatable bonds is 4. The van der Waals surface area contributed by atoms with E-state index in [1.54, 1.807) is 11.3 Å². The highest BCUT2D eigenvalue weighted by Gasteiger charge is 2.14. The number of hydrogen-bond acceptors (Lipinski definition) is 4. The van der Waals surface area contributed by atoms with Crippen molar-refractivity contribution in [3.63, 3.8) is 0 Å². The Hall–Kier alpha value is -1.26. The van der Waals surface area contributed by atoms with Gasteiger partial charge in [0.15, 0.2) is 0 Å². The van der Waals surface area contributed by atoms with Gasteiger partial charge in [-0.15, -0.1) is 11.3 Å². The monoisotopic (exact) mass is 288 g/mol. The average Bonchev–Trinajstić information content (AvgIpc) is 2.96. The van der Waals surface area contributed by atoms with Crippen LogP contribution in [0.5, 0.6) is 0 Å². The van der Waals surface area contributed by atoms with E-state index in [-0.39, 0.29) is 0 Å². The van der Waals surface area contributed by atoms with Crippen molar-refractivity contribution in [2.24, 2.45) is 0 Å². The van der Waals surface area contributed by atoms with Gasteiger partial charge in [0.2, 0.25) is 0 Å². The number of aromatic nitrogens is 2. The topological polar surface area (TPSA) is 35.0 Å². The van der Waals surface area contributed by atoms with Gasteiger partial charge < -0.3 is 4.74 Å². The summed E-state index contributed by atoms with van der Waals surface area (Å²) in [5.41, 5.74) is 3.33. The molecule has 1 atom stereocenters. The maximum absolute atomic E-state index is 5.77. The van der Waals surface area contributed by atoms with Crippen molar-refractivity contribution >= 4 is 11.3 Å². The number of aryl methyl sites for hydroxylation is 2. The van der Waals surface area contributed by atoms with Gasteiger partial charge in [0.05, 0.1) is 11.8 Å². The van der Waals surface area contributed by atoms with E-state index in [0.717, 1.165) is 35.7 Å². The van der Waals surface area contributed by atoms with Gasteiger partial charge in [0.1, 0.15) is 5.01 Å². The van der Waals surface area contributed by atoms with Crippen LogP contribution in [0, 0.1) is 6.92 Å². The Labute approximate surface area is 124 Å². The van der Waals surface area contributed by atoms with E-state index in [4.69, 9.17) is 9.72 Å². The van der Waals surface area contributed by atoms with Gasteiger partial charge >= 0.3 is 0 Å². The lowest BCUT2D eigenvalue weighted by molar-refractivity contribution is 0.0114. The number of nitrogens with zero attached hydrogens (tertiary/aromatic N) is 2. The van der Waals surface area contributed by atoms with Gasteiger partial charge in [-0.05, 0) is 51.2 Å². The summed E-state index contributed by atoms with van der Waals surface area (Å²) in [5.74, 6) is 0. The zero-order valence-electron chi connectivity index (χ0n) is 11.8. The first-order valence-electron chi connectivity index (χ1n) is 7.30. The molecule has 1 aliphatic heterocycles. The molecule has 3 heterocycles. The molecule has 0 radical (unpaired) electrons. The summed E-state index contributed by atoms with van der Waals surface area (Å²) in [6.07, 6.45) is 8.19. The Morgan fingerprint density at radius 2 is 2.30 bits per heavy atom. The van der Waals surface area contributed by atoms with Crippen molar-refractivity contribution in [3.8, 4) is 10.6 Å². The lowest BCUT2D eigenvalue weighted by atomic mass is 10.0. The third-order valence-corrected chi connectivity index (χ3v) is 4.65. The molecule has 2 aromatic rings. The normalized spacial score (nSPS) is 19.1. The highest BCUT2D eigenvalue weighted by atomic mass is 32.1. The average molecular weight is 288 g/mol. The third-order valence-electron chi connectivity index (χ3n) is 3.71. The molecule has 0 aromatic carbocycles. The molecule has 0 saturated carbocycles. The number of thiazole rings is 1. The molecule has 3 nitrogen and oxygen atoms in total. The smallest absolute Gasteiger partial charge is 0.125 e. The minimum atomic E-state index is 0.440. The second kappa shape index (κ2) is 6.46. The standard InChI is InChI=1S/C16H20N2OS/c1-12-5-6-13(10-17-12)16-18-14(11-20-16)7-8-15-4-2-3-9-19-15/h5-6,10-11,15H,2-4,7-9H2,1H3. The fraction of sp³-hybridized carbons (Fsp3) is 0.500. The van der Waals surface area contributed by atoms with Crippen molar-refractivity contribution in [1.82, 2.24) is 9.97 Å². The van der Waals surface area contributed by atoms with Crippen molar-refractivity contribution in [1.29, 1.82) is 0 Å². The molecule has 106 valence electrons. The molecule has 0 aliphatic carbocycles. The second-order valence-corrected chi connectivity index (χ2v) is 6.22. The van der Waals surface area contributed by atoms with Crippen LogP contribution < -0.4 is 0 Å². The SMILES string of the molecule is Cc1ccc(-c2nc(CCC3CCCCO3)cs2)cn1. The Balaban J connectivity index is 1.60. The van der Waals surface area contributed by atoms with E-state index >= 15 is 0 Å². The zero-order chi connectivity index (χ0) is 13.8. The molecule has 0 N–H and O–H groups in total. The minimum Gasteiger partial charge on any atom is -0.378 e. The number of hydrogen-bond donors (Lipinski definition) is 0. The largest absolute Gasteiger partial charge is 0.378 e. The first-order chi connectivity index (χ1) is 9.81. The van der Waals surface area contributed by atoms with E-state index in [0.29, 0.717) is 6.10 Å². The van der Waals surface area contributed by atoms with Crippen LogP contribution in [0.1, 0.15) is 37.1 Å². The molecule has 2 aromatic heterocycles. The maximum Gasteiger partial charge on any atom is 0.125 e. The van der Waals surface area contributed by atoms with Crippen LogP contribution in [0.25, 0.3) is 10.6 Å². The molecule has 0 bridgehead atoms. The van der Waals surface area contributed by atoms with Crippen LogP contribution in [0.3, 0.4) is 0 Å². The molecule has 4 heteroatoms. The molecule has 0 amide bonds. The quantitative estimate of drug-likeness (QED) is 0.852. The van der Waals surface area contributed by atoms with Crippen molar-refractivity contribution in [2.45, 2.75) is 45.1 Å². The lowest BCUT2D eigenvalue weighted by Gasteiger charge is -2.21. The summed E-state index contributed by atoms with van der Waals surface area (Å²) in [4.78, 5) is 9.05. The first-order valence-corrected chi connectivity index (χ1v) is 8.18. The Bertz CT molecular complexity index is 544. The second-order valence-electron chi connectivity index (χ2n) is 5.36. The molecular formula is C16H20N2OS. The Morgan fingerprint density at radius 1 is 1.35 bits per heavy atom. The first kappa shape index (κ1) is 13.7. The minimum absolute atomic E-state index is 0.440. The van der Waals surface area contributed by atoms with Crippen LogP contribution >= 0.6 is 11.3 Å². The van der Waals surface area contributed by atoms with Crippen LogP contribution in [-0.4, -0.2) is 22.7 Å². The van der Waals surface area contributed by atoms with Crippen molar-refractivity contribution < 1.29 is 4.74 Å². The molecule has 1 saturated heterocycles. The number of ether oxygens (including phenoxy) is 1. The van der Waals surface area contributed by atoms with E-state index in [9.17, 15) is 0 Å². The van der Waals surface area contributed by atoms with Crippen LogP contribution in [-0.2, 0) is 11.2 Å². The van der Waals surface area contributed by atoms with Gasteiger partial charge in [-0.3, -0.25) is 4.98 Å². The van der Waals surface area contributed by atoms with Gasteiger partial charge in [-0.2, -0.15) is 0 Å². The van der Waals surface area contributed by atoms with Crippen molar-refractivity contribution in [2.75, 3.05) is 6.61 Å². The van der Waals surface area contributed by atoms with E-state index in [1.807, 2.05) is 19.2 Å². The van der Waals surface area contributed by atoms with Gasteiger partial charge in [-0.1, -0.05) is 0 Å². The molecule has 1 aliphatic rings. The Kier molecular flexibility index (Phi) is 4.43.